The van der Waals surface area contributed by atoms with Gasteiger partial charge in [0.05, 0.1) is 19.1 Å². The normalized spacial score (nSPS) is 20.0. The summed E-state index contributed by atoms with van der Waals surface area (Å²) < 4.78 is 10.2. The Labute approximate surface area is 240 Å². The van der Waals surface area contributed by atoms with E-state index in [1.165, 1.54) is 0 Å². The van der Waals surface area contributed by atoms with E-state index >= 15 is 0 Å². The summed E-state index contributed by atoms with van der Waals surface area (Å²) in [6.45, 7) is 7.35. The number of ether oxygens (including phenoxy) is 2. The number of rotatable bonds is 7. The maximum Gasteiger partial charge on any atom is 0.508 e. The molecule has 7 nitrogen and oxygen atoms in total. The Hall–Kier alpha value is -2.77. The SMILES string of the molecule is CCOC(=O)OC1CCN(C(=O)CN2CC(c3ccccc3Cl)c3cc(Cl)ccc3C(CC(C)C)C2=O)CC1. The van der Waals surface area contributed by atoms with E-state index in [0.29, 0.717) is 48.9 Å². The molecule has 0 aliphatic carbocycles. The van der Waals surface area contributed by atoms with E-state index in [2.05, 4.69) is 13.8 Å². The number of fused-ring (bicyclic) bond motifs is 1. The molecule has 0 spiro atoms. The minimum absolute atomic E-state index is 0.0283. The summed E-state index contributed by atoms with van der Waals surface area (Å²) in [5.74, 6) is -0.527. The van der Waals surface area contributed by atoms with Gasteiger partial charge >= 0.3 is 6.16 Å². The Morgan fingerprint density at radius 1 is 1.03 bits per heavy atom. The molecule has 2 atom stereocenters. The zero-order valence-corrected chi connectivity index (χ0v) is 24.2. The van der Waals surface area contributed by atoms with Crippen molar-refractivity contribution in [1.82, 2.24) is 9.80 Å². The van der Waals surface area contributed by atoms with Crippen molar-refractivity contribution in [3.8, 4) is 0 Å². The topological polar surface area (TPSA) is 76.2 Å². The van der Waals surface area contributed by atoms with Crippen LogP contribution in [0.1, 0.15) is 68.6 Å². The van der Waals surface area contributed by atoms with E-state index in [1.54, 1.807) is 16.7 Å². The summed E-state index contributed by atoms with van der Waals surface area (Å²) in [5.41, 5.74) is 2.81. The fourth-order valence-corrected chi connectivity index (χ4v) is 6.01. The third-order valence-corrected chi connectivity index (χ3v) is 8.03. The van der Waals surface area contributed by atoms with Gasteiger partial charge in [-0.25, -0.2) is 4.79 Å². The molecule has 9 heteroatoms. The summed E-state index contributed by atoms with van der Waals surface area (Å²) >= 11 is 13.1. The van der Waals surface area contributed by atoms with E-state index < -0.39 is 6.16 Å². The van der Waals surface area contributed by atoms with Crippen LogP contribution in [0.25, 0.3) is 0 Å². The molecule has 0 radical (unpaired) electrons. The predicted molar refractivity (Wildman–Crippen MR) is 151 cm³/mol. The number of benzene rings is 2. The average molecular weight is 576 g/mol. The number of carbonyl (C=O) groups excluding carboxylic acids is 3. The van der Waals surface area contributed by atoms with Crippen molar-refractivity contribution in [2.45, 2.75) is 58.0 Å². The van der Waals surface area contributed by atoms with Crippen molar-refractivity contribution < 1.29 is 23.9 Å². The third-order valence-electron chi connectivity index (χ3n) is 7.45. The average Bonchev–Trinajstić information content (AvgIpc) is 2.99. The molecule has 2 aliphatic heterocycles. The second-order valence-corrected chi connectivity index (χ2v) is 11.5. The van der Waals surface area contributed by atoms with Crippen molar-refractivity contribution in [1.29, 1.82) is 0 Å². The molecule has 2 aromatic rings. The zero-order chi connectivity index (χ0) is 28.1. The molecular formula is C30H36Cl2N2O5. The molecule has 0 N–H and O–H groups in total. The van der Waals surface area contributed by atoms with Crippen molar-refractivity contribution in [2.24, 2.45) is 5.92 Å². The Kier molecular flexibility index (Phi) is 9.78. The van der Waals surface area contributed by atoms with Crippen LogP contribution in [0.15, 0.2) is 42.5 Å². The van der Waals surface area contributed by atoms with Gasteiger partial charge in [-0.05, 0) is 54.2 Å². The highest BCUT2D eigenvalue weighted by Gasteiger charge is 2.38. The molecule has 0 aromatic heterocycles. The van der Waals surface area contributed by atoms with E-state index in [-0.39, 0.29) is 48.8 Å². The fourth-order valence-electron chi connectivity index (χ4n) is 5.57. The first-order valence-corrected chi connectivity index (χ1v) is 14.4. The standard InChI is InChI=1S/C30H36Cl2N2O5/c1-4-38-30(37)39-21-11-13-33(14-12-21)28(35)18-34-17-26(23-7-5-6-8-27(23)32)24-16-20(31)9-10-22(24)25(29(34)36)15-19(2)3/h5-10,16,19,21,25-26H,4,11-15,17-18H2,1-3H3. The van der Waals surface area contributed by atoms with E-state index in [9.17, 15) is 14.4 Å². The van der Waals surface area contributed by atoms with E-state index in [4.69, 9.17) is 32.7 Å². The van der Waals surface area contributed by atoms with Crippen LogP contribution in [-0.2, 0) is 19.1 Å². The van der Waals surface area contributed by atoms with Crippen LogP contribution in [0.2, 0.25) is 10.0 Å². The first-order chi connectivity index (χ1) is 18.7. The van der Waals surface area contributed by atoms with Gasteiger partial charge in [-0.15, -0.1) is 0 Å². The summed E-state index contributed by atoms with van der Waals surface area (Å²) in [6.07, 6.45) is 0.747. The second kappa shape index (κ2) is 13.1. The van der Waals surface area contributed by atoms with Crippen LogP contribution in [0.3, 0.4) is 0 Å². The Morgan fingerprint density at radius 3 is 2.41 bits per heavy atom. The monoisotopic (exact) mass is 574 g/mol. The molecule has 0 saturated carbocycles. The number of nitrogens with zero attached hydrogens (tertiary/aromatic N) is 2. The lowest BCUT2D eigenvalue weighted by Gasteiger charge is -2.34. The fraction of sp³-hybridized carbons (Fsp3) is 0.500. The molecule has 4 rings (SSSR count). The van der Waals surface area contributed by atoms with Crippen LogP contribution in [0.5, 0.6) is 0 Å². The van der Waals surface area contributed by atoms with Gasteiger partial charge in [-0.2, -0.15) is 0 Å². The van der Waals surface area contributed by atoms with Crippen molar-refractivity contribution in [3.05, 3.63) is 69.2 Å². The van der Waals surface area contributed by atoms with Gasteiger partial charge in [0, 0.05) is 48.4 Å². The number of hydrogen-bond acceptors (Lipinski definition) is 5. The molecule has 2 heterocycles. The number of halogens is 2. The highest BCUT2D eigenvalue weighted by molar-refractivity contribution is 6.31. The third kappa shape index (κ3) is 7.06. The van der Waals surface area contributed by atoms with Crippen molar-refractivity contribution in [2.75, 3.05) is 32.8 Å². The van der Waals surface area contributed by atoms with Crippen LogP contribution in [0, 0.1) is 5.92 Å². The number of piperidine rings is 1. The van der Waals surface area contributed by atoms with Gasteiger partial charge in [0.1, 0.15) is 6.10 Å². The Balaban J connectivity index is 1.59. The molecule has 1 fully saturated rings. The summed E-state index contributed by atoms with van der Waals surface area (Å²) in [7, 11) is 0. The van der Waals surface area contributed by atoms with Gasteiger partial charge in [-0.1, -0.05) is 61.3 Å². The zero-order valence-electron chi connectivity index (χ0n) is 22.7. The molecule has 2 aliphatic rings. The maximum atomic E-state index is 14.1. The van der Waals surface area contributed by atoms with Crippen LogP contribution < -0.4 is 0 Å². The minimum Gasteiger partial charge on any atom is -0.435 e. The Morgan fingerprint density at radius 2 is 1.74 bits per heavy atom. The molecule has 0 bridgehead atoms. The maximum absolute atomic E-state index is 14.1. The molecule has 2 aromatic carbocycles. The van der Waals surface area contributed by atoms with Gasteiger partial charge in [0.2, 0.25) is 11.8 Å². The molecule has 2 amide bonds. The predicted octanol–water partition coefficient (Wildman–Crippen LogP) is 6.26. The Bertz CT molecular complexity index is 1200. The number of carbonyl (C=O) groups is 3. The largest absolute Gasteiger partial charge is 0.508 e. The first kappa shape index (κ1) is 29.2. The molecule has 2 unspecified atom stereocenters. The highest BCUT2D eigenvalue weighted by Crippen LogP contribution is 2.41. The highest BCUT2D eigenvalue weighted by atomic mass is 35.5. The second-order valence-electron chi connectivity index (χ2n) is 10.6. The minimum atomic E-state index is -0.682. The summed E-state index contributed by atoms with van der Waals surface area (Å²) in [4.78, 5) is 42.6. The van der Waals surface area contributed by atoms with Gasteiger partial charge in [0.25, 0.3) is 0 Å². The smallest absolute Gasteiger partial charge is 0.435 e. The lowest BCUT2D eigenvalue weighted by Crippen LogP contribution is -2.48. The van der Waals surface area contributed by atoms with E-state index in [0.717, 1.165) is 16.7 Å². The van der Waals surface area contributed by atoms with Crippen LogP contribution in [0.4, 0.5) is 4.79 Å². The van der Waals surface area contributed by atoms with Gasteiger partial charge in [-0.3, -0.25) is 9.59 Å². The lowest BCUT2D eigenvalue weighted by molar-refractivity contribution is -0.142. The first-order valence-electron chi connectivity index (χ1n) is 13.6. The number of hydrogen-bond donors (Lipinski definition) is 0. The number of likely N-dealkylation sites (tertiary alicyclic amines) is 1. The van der Waals surface area contributed by atoms with E-state index in [1.807, 2.05) is 42.5 Å². The van der Waals surface area contributed by atoms with Gasteiger partial charge in [0.15, 0.2) is 0 Å². The van der Waals surface area contributed by atoms with Gasteiger partial charge < -0.3 is 19.3 Å². The molecular weight excluding hydrogens is 539 g/mol. The molecule has 39 heavy (non-hydrogen) atoms. The number of amides is 2. The molecule has 210 valence electrons. The summed E-state index contributed by atoms with van der Waals surface area (Å²) in [6, 6.07) is 13.3. The quantitative estimate of drug-likeness (QED) is 0.365. The summed E-state index contributed by atoms with van der Waals surface area (Å²) in [5, 5.41) is 1.21. The van der Waals surface area contributed by atoms with Crippen molar-refractivity contribution in [3.63, 3.8) is 0 Å². The van der Waals surface area contributed by atoms with Crippen molar-refractivity contribution >= 4 is 41.2 Å². The van der Waals surface area contributed by atoms with Crippen LogP contribution in [-0.4, -0.2) is 66.7 Å². The van der Waals surface area contributed by atoms with Crippen LogP contribution >= 0.6 is 23.2 Å². The molecule has 1 saturated heterocycles. The lowest BCUT2D eigenvalue weighted by atomic mass is 9.82.